The van der Waals surface area contributed by atoms with Gasteiger partial charge in [0, 0.05) is 16.2 Å². The van der Waals surface area contributed by atoms with Gasteiger partial charge in [-0.05, 0) is 42.0 Å². The Morgan fingerprint density at radius 1 is 0.964 bits per heavy atom. The van der Waals surface area contributed by atoms with E-state index in [4.69, 9.17) is 4.74 Å². The maximum absolute atomic E-state index is 10.4. The van der Waals surface area contributed by atoms with Gasteiger partial charge < -0.3 is 20.5 Å². The van der Waals surface area contributed by atoms with Gasteiger partial charge in [-0.25, -0.2) is 0 Å². The van der Waals surface area contributed by atoms with Crippen molar-refractivity contribution in [2.45, 2.75) is 12.2 Å². The number of para-hydroxylation sites is 2. The molecule has 0 amide bonds. The summed E-state index contributed by atoms with van der Waals surface area (Å²) in [5, 5.41) is 16.3. The summed E-state index contributed by atoms with van der Waals surface area (Å²) in [6, 6.07) is 23.7. The molecule has 28 heavy (non-hydrogen) atoms. The van der Waals surface area contributed by atoms with Gasteiger partial charge in [-0.1, -0.05) is 52.3 Å². The number of quaternary nitrogens is 1. The summed E-state index contributed by atoms with van der Waals surface area (Å²) in [7, 11) is 1.69. The predicted octanol–water partition coefficient (Wildman–Crippen LogP) is 4.11. The molecule has 0 saturated heterocycles. The van der Waals surface area contributed by atoms with Crippen LogP contribution >= 0.6 is 15.9 Å². The summed E-state index contributed by atoms with van der Waals surface area (Å²) in [6.07, 6.45) is 2.10. The number of phenolic OH excluding ortho intramolecular Hbond substituents is 1. The molecule has 0 aliphatic carbocycles. The number of phenols is 1. The van der Waals surface area contributed by atoms with E-state index in [9.17, 15) is 5.11 Å². The Hall–Kier alpha value is -2.76. The van der Waals surface area contributed by atoms with Crippen LogP contribution < -0.4 is 15.4 Å². The maximum Gasteiger partial charge on any atom is 0.190 e. The lowest BCUT2D eigenvalue weighted by Gasteiger charge is -2.30. The molecule has 2 unspecified atom stereocenters. The first-order valence-corrected chi connectivity index (χ1v) is 9.95. The quantitative estimate of drug-likeness (QED) is 0.575. The Morgan fingerprint density at radius 2 is 1.71 bits per heavy atom. The molecular formula is C23H22BrN2O2+. The van der Waals surface area contributed by atoms with Crippen LogP contribution in [0.25, 0.3) is 5.70 Å². The molecule has 0 fully saturated rings. The van der Waals surface area contributed by atoms with E-state index in [1.54, 1.807) is 13.2 Å². The van der Waals surface area contributed by atoms with Gasteiger partial charge in [-0.15, -0.1) is 0 Å². The Bertz CT molecular complexity index is 1020. The van der Waals surface area contributed by atoms with Crippen molar-refractivity contribution in [3.05, 3.63) is 100 Å². The summed E-state index contributed by atoms with van der Waals surface area (Å²) in [6.45, 7) is 0. The summed E-state index contributed by atoms with van der Waals surface area (Å²) >= 11 is 3.56. The molecule has 0 saturated carbocycles. The Balaban J connectivity index is 1.79. The van der Waals surface area contributed by atoms with Crippen molar-refractivity contribution in [3.8, 4) is 11.5 Å². The SMILES string of the molecule is COc1ccccc1C1NC(c2cccc(Br)c2)=CC(c2ccccc2O)[NH2+]1. The molecule has 0 spiro atoms. The molecule has 142 valence electrons. The van der Waals surface area contributed by atoms with Crippen LogP contribution in [0.4, 0.5) is 0 Å². The fraction of sp³-hybridized carbons (Fsp3) is 0.130. The van der Waals surface area contributed by atoms with E-state index < -0.39 is 0 Å². The van der Waals surface area contributed by atoms with E-state index in [0.717, 1.165) is 32.6 Å². The number of rotatable bonds is 4. The highest BCUT2D eigenvalue weighted by Crippen LogP contribution is 2.31. The first-order chi connectivity index (χ1) is 13.7. The minimum atomic E-state index is -0.0558. The molecule has 3 aromatic rings. The van der Waals surface area contributed by atoms with Crippen molar-refractivity contribution in [1.82, 2.24) is 5.32 Å². The Morgan fingerprint density at radius 3 is 2.46 bits per heavy atom. The second-order valence-electron chi connectivity index (χ2n) is 6.73. The number of benzene rings is 3. The molecule has 1 heterocycles. The van der Waals surface area contributed by atoms with Crippen LogP contribution in [0.3, 0.4) is 0 Å². The van der Waals surface area contributed by atoms with Crippen molar-refractivity contribution in [2.24, 2.45) is 0 Å². The molecule has 4 N–H and O–H groups in total. The lowest BCUT2D eigenvalue weighted by atomic mass is 9.97. The number of ether oxygens (including phenoxy) is 1. The highest BCUT2D eigenvalue weighted by atomic mass is 79.9. The average molecular weight is 438 g/mol. The Kier molecular flexibility index (Phi) is 5.37. The van der Waals surface area contributed by atoms with Gasteiger partial charge in [0.15, 0.2) is 6.17 Å². The van der Waals surface area contributed by atoms with E-state index >= 15 is 0 Å². The van der Waals surface area contributed by atoms with Crippen molar-refractivity contribution in [2.75, 3.05) is 7.11 Å². The van der Waals surface area contributed by atoms with Crippen molar-refractivity contribution < 1.29 is 15.2 Å². The van der Waals surface area contributed by atoms with Gasteiger partial charge in [-0.2, -0.15) is 0 Å². The highest BCUT2D eigenvalue weighted by molar-refractivity contribution is 9.10. The fourth-order valence-electron chi connectivity index (χ4n) is 3.61. The third-order valence-electron chi connectivity index (χ3n) is 4.96. The normalized spacial score (nSPS) is 18.9. The van der Waals surface area contributed by atoms with Crippen LogP contribution in [0, 0.1) is 0 Å². The molecule has 2 atom stereocenters. The molecule has 1 aliphatic heterocycles. The number of hydrogen-bond donors (Lipinski definition) is 3. The summed E-state index contributed by atoms with van der Waals surface area (Å²) in [4.78, 5) is 0. The minimum absolute atomic E-state index is 0.0358. The molecule has 4 nitrogen and oxygen atoms in total. The van der Waals surface area contributed by atoms with Crippen LogP contribution in [0.2, 0.25) is 0 Å². The first kappa shape index (κ1) is 18.6. The van der Waals surface area contributed by atoms with Gasteiger partial charge in [0.25, 0.3) is 0 Å². The number of halogens is 1. The van der Waals surface area contributed by atoms with Crippen LogP contribution in [0.5, 0.6) is 11.5 Å². The van der Waals surface area contributed by atoms with Crippen LogP contribution in [-0.2, 0) is 0 Å². The number of aromatic hydroxyl groups is 1. The topological polar surface area (TPSA) is 58.1 Å². The van der Waals surface area contributed by atoms with E-state index in [1.165, 1.54) is 0 Å². The van der Waals surface area contributed by atoms with Gasteiger partial charge >= 0.3 is 0 Å². The van der Waals surface area contributed by atoms with Crippen LogP contribution in [0.15, 0.2) is 83.3 Å². The molecule has 4 rings (SSSR count). The predicted molar refractivity (Wildman–Crippen MR) is 114 cm³/mol. The largest absolute Gasteiger partial charge is 0.507 e. The first-order valence-electron chi connectivity index (χ1n) is 9.16. The molecular weight excluding hydrogens is 416 g/mol. The smallest absolute Gasteiger partial charge is 0.190 e. The zero-order valence-electron chi connectivity index (χ0n) is 15.5. The molecule has 5 heteroatoms. The molecule has 3 aromatic carbocycles. The number of nitrogens with one attached hydrogen (secondary N) is 1. The molecule has 1 aliphatic rings. The average Bonchev–Trinajstić information content (AvgIpc) is 2.73. The lowest BCUT2D eigenvalue weighted by Crippen LogP contribution is -2.89. The van der Waals surface area contributed by atoms with E-state index in [2.05, 4.69) is 50.8 Å². The van der Waals surface area contributed by atoms with E-state index in [-0.39, 0.29) is 12.2 Å². The minimum Gasteiger partial charge on any atom is -0.507 e. The fourth-order valence-corrected chi connectivity index (χ4v) is 4.01. The molecule has 0 aromatic heterocycles. The monoisotopic (exact) mass is 437 g/mol. The Labute approximate surface area is 173 Å². The van der Waals surface area contributed by atoms with E-state index in [0.29, 0.717) is 5.75 Å². The summed E-state index contributed by atoms with van der Waals surface area (Å²) in [5.74, 6) is 1.14. The van der Waals surface area contributed by atoms with Crippen LogP contribution in [-0.4, -0.2) is 12.2 Å². The van der Waals surface area contributed by atoms with Crippen molar-refractivity contribution >= 4 is 21.6 Å². The zero-order chi connectivity index (χ0) is 19.5. The third kappa shape index (κ3) is 3.77. The molecule has 0 bridgehead atoms. The molecule has 0 radical (unpaired) electrons. The van der Waals surface area contributed by atoms with Gasteiger partial charge in [0.05, 0.1) is 18.2 Å². The maximum atomic E-state index is 10.4. The van der Waals surface area contributed by atoms with Crippen molar-refractivity contribution in [1.29, 1.82) is 0 Å². The number of methoxy groups -OCH3 is 1. The van der Waals surface area contributed by atoms with Gasteiger partial charge in [0.2, 0.25) is 0 Å². The standard InChI is InChI=1S/C23H21BrN2O2/c1-28-22-12-5-3-10-18(22)23-25-19(15-7-6-8-16(24)13-15)14-20(26-23)17-9-2-4-11-21(17)27/h2-14,20,23,25-27H,1H3/p+1. The van der Waals surface area contributed by atoms with Gasteiger partial charge in [0.1, 0.15) is 17.5 Å². The second-order valence-corrected chi connectivity index (χ2v) is 7.65. The highest BCUT2D eigenvalue weighted by Gasteiger charge is 2.30. The number of nitrogens with two attached hydrogens (primary N) is 1. The number of hydrogen-bond acceptors (Lipinski definition) is 3. The summed E-state index contributed by atoms with van der Waals surface area (Å²) in [5.41, 5.74) is 4.05. The zero-order valence-corrected chi connectivity index (χ0v) is 17.1. The summed E-state index contributed by atoms with van der Waals surface area (Å²) < 4.78 is 6.61. The second kappa shape index (κ2) is 8.09. The van der Waals surface area contributed by atoms with E-state index in [1.807, 2.05) is 48.5 Å². The third-order valence-corrected chi connectivity index (χ3v) is 5.46. The van der Waals surface area contributed by atoms with Crippen molar-refractivity contribution in [3.63, 3.8) is 0 Å². The van der Waals surface area contributed by atoms with Gasteiger partial charge in [-0.3, -0.25) is 0 Å². The van der Waals surface area contributed by atoms with Crippen LogP contribution in [0.1, 0.15) is 28.9 Å². The lowest BCUT2D eigenvalue weighted by molar-refractivity contribution is -0.731.